The smallest absolute Gasteiger partial charge is 0.161 e. The van der Waals surface area contributed by atoms with Gasteiger partial charge in [-0.3, -0.25) is 0 Å². The van der Waals surface area contributed by atoms with E-state index in [1.54, 1.807) is 7.11 Å². The Bertz CT molecular complexity index is 1060. The first-order chi connectivity index (χ1) is 14.5. The lowest BCUT2D eigenvalue weighted by molar-refractivity contribution is 0.405. The molecule has 0 aliphatic carbocycles. The molecule has 0 unspecified atom stereocenters. The Hall–Kier alpha value is -3.38. The van der Waals surface area contributed by atoms with Gasteiger partial charge in [-0.15, -0.1) is 0 Å². The Morgan fingerprint density at radius 3 is 2.73 bits per heavy atom. The summed E-state index contributed by atoms with van der Waals surface area (Å²) in [4.78, 5) is 11.6. The largest absolute Gasteiger partial charge is 0.497 e. The zero-order valence-electron chi connectivity index (χ0n) is 17.9. The molecule has 30 heavy (non-hydrogen) atoms. The van der Waals surface area contributed by atoms with Crippen molar-refractivity contribution in [1.82, 2.24) is 14.9 Å². The Morgan fingerprint density at radius 1 is 1.20 bits per heavy atom. The number of fused-ring (bicyclic) bond motifs is 1. The van der Waals surface area contributed by atoms with Gasteiger partial charge >= 0.3 is 0 Å². The van der Waals surface area contributed by atoms with Gasteiger partial charge in [0, 0.05) is 23.2 Å². The number of aromatic nitrogens is 2. The molecule has 0 spiro atoms. The fraction of sp³-hybridized carbons (Fsp3) is 0.250. The quantitative estimate of drug-likeness (QED) is 0.315. The van der Waals surface area contributed by atoms with Crippen molar-refractivity contribution < 1.29 is 4.74 Å². The zero-order chi connectivity index (χ0) is 21.5. The summed E-state index contributed by atoms with van der Waals surface area (Å²) < 4.78 is 5.38. The first kappa shape index (κ1) is 21.3. The number of allylic oxidation sites excluding steroid dienone is 2. The van der Waals surface area contributed by atoms with E-state index in [0.717, 1.165) is 53.2 Å². The number of anilines is 2. The maximum Gasteiger partial charge on any atom is 0.161 e. The maximum absolute atomic E-state index is 6.02. The standard InChI is InChI=1S/C24H29N5O/c1-17(10-11-18-8-5-6-9-21(18)25)23-27-22-13-12-19(30-4)16-20(22)24(28-23)26-14-7-15-29(2)3/h5-6,8-13,16H,1,7,14-15,25H2,2-4H3,(H,26,27,28)/b11-10-. The average molecular weight is 404 g/mol. The minimum atomic E-state index is 0.577. The molecule has 0 saturated heterocycles. The highest BCUT2D eigenvalue weighted by Gasteiger charge is 2.10. The molecule has 0 bridgehead atoms. The van der Waals surface area contributed by atoms with Gasteiger partial charge in [-0.1, -0.05) is 36.9 Å². The Morgan fingerprint density at radius 2 is 2.00 bits per heavy atom. The van der Waals surface area contributed by atoms with Gasteiger partial charge < -0.3 is 20.7 Å². The Labute approximate surface area is 178 Å². The predicted octanol–water partition coefficient (Wildman–Crippen LogP) is 4.31. The third-order valence-electron chi connectivity index (χ3n) is 4.72. The van der Waals surface area contributed by atoms with Crippen LogP contribution in [0.3, 0.4) is 0 Å². The van der Waals surface area contributed by atoms with Crippen molar-refractivity contribution >= 4 is 34.1 Å². The van der Waals surface area contributed by atoms with Crippen molar-refractivity contribution in [2.45, 2.75) is 6.42 Å². The van der Waals surface area contributed by atoms with Gasteiger partial charge in [0.1, 0.15) is 11.6 Å². The molecule has 3 rings (SSSR count). The zero-order valence-corrected chi connectivity index (χ0v) is 17.9. The number of rotatable bonds is 9. The van der Waals surface area contributed by atoms with Gasteiger partial charge in [-0.05, 0) is 56.9 Å². The van der Waals surface area contributed by atoms with E-state index in [9.17, 15) is 0 Å². The summed E-state index contributed by atoms with van der Waals surface area (Å²) in [5, 5.41) is 4.38. The van der Waals surface area contributed by atoms with Gasteiger partial charge in [-0.2, -0.15) is 0 Å². The summed E-state index contributed by atoms with van der Waals surface area (Å²) in [7, 11) is 5.79. The number of methoxy groups -OCH3 is 1. The third-order valence-corrected chi connectivity index (χ3v) is 4.72. The lowest BCUT2D eigenvalue weighted by Gasteiger charge is -2.13. The summed E-state index contributed by atoms with van der Waals surface area (Å²) in [6, 6.07) is 13.5. The number of nitrogens with one attached hydrogen (secondary N) is 1. The molecule has 2 aromatic carbocycles. The summed E-state index contributed by atoms with van der Waals surface area (Å²) in [6.45, 7) is 5.97. The molecular weight excluding hydrogens is 374 g/mol. The Kier molecular flexibility index (Phi) is 7.03. The summed E-state index contributed by atoms with van der Waals surface area (Å²) in [6.07, 6.45) is 4.83. The van der Waals surface area contributed by atoms with Crippen molar-refractivity contribution in [3.63, 3.8) is 0 Å². The SMILES string of the molecule is C=C(/C=C\c1ccccc1N)c1nc(NCCCN(C)C)c2cc(OC)ccc2n1. The van der Waals surface area contributed by atoms with E-state index >= 15 is 0 Å². The maximum atomic E-state index is 6.02. The molecule has 0 saturated carbocycles. The van der Waals surface area contributed by atoms with Crippen LogP contribution in [-0.2, 0) is 0 Å². The number of hydrogen-bond donors (Lipinski definition) is 2. The molecule has 156 valence electrons. The van der Waals surface area contributed by atoms with E-state index < -0.39 is 0 Å². The van der Waals surface area contributed by atoms with Crippen molar-refractivity contribution in [2.75, 3.05) is 45.3 Å². The highest BCUT2D eigenvalue weighted by molar-refractivity contribution is 5.92. The molecule has 0 aliphatic rings. The second-order valence-corrected chi connectivity index (χ2v) is 7.35. The molecule has 6 heteroatoms. The molecule has 0 aliphatic heterocycles. The average Bonchev–Trinajstić information content (AvgIpc) is 2.75. The van der Waals surface area contributed by atoms with E-state index in [0.29, 0.717) is 11.4 Å². The molecule has 3 aromatic rings. The monoisotopic (exact) mass is 403 g/mol. The highest BCUT2D eigenvalue weighted by Crippen LogP contribution is 2.27. The second kappa shape index (κ2) is 9.89. The minimum Gasteiger partial charge on any atom is -0.497 e. The van der Waals surface area contributed by atoms with Crippen molar-refractivity contribution in [2.24, 2.45) is 0 Å². The van der Waals surface area contributed by atoms with Gasteiger partial charge in [0.2, 0.25) is 0 Å². The van der Waals surface area contributed by atoms with Gasteiger partial charge in [0.25, 0.3) is 0 Å². The molecule has 0 radical (unpaired) electrons. The number of para-hydroxylation sites is 1. The first-order valence-corrected chi connectivity index (χ1v) is 9.94. The number of hydrogen-bond acceptors (Lipinski definition) is 6. The van der Waals surface area contributed by atoms with Crippen LogP contribution in [0.2, 0.25) is 0 Å². The van der Waals surface area contributed by atoms with Crippen LogP contribution >= 0.6 is 0 Å². The fourth-order valence-corrected chi connectivity index (χ4v) is 3.04. The van der Waals surface area contributed by atoms with Gasteiger partial charge in [-0.25, -0.2) is 9.97 Å². The van der Waals surface area contributed by atoms with E-state index in [4.69, 9.17) is 20.4 Å². The molecule has 1 aromatic heterocycles. The van der Waals surface area contributed by atoms with E-state index in [1.165, 1.54) is 0 Å². The number of nitrogens with two attached hydrogens (primary N) is 1. The number of benzene rings is 2. The topological polar surface area (TPSA) is 76.3 Å². The van der Waals surface area contributed by atoms with Crippen LogP contribution in [0.4, 0.5) is 11.5 Å². The van der Waals surface area contributed by atoms with Crippen LogP contribution in [0.5, 0.6) is 5.75 Å². The highest BCUT2D eigenvalue weighted by atomic mass is 16.5. The van der Waals surface area contributed by atoms with Crippen LogP contribution in [0.1, 0.15) is 17.8 Å². The summed E-state index contributed by atoms with van der Waals surface area (Å²) >= 11 is 0. The molecular formula is C24H29N5O. The van der Waals surface area contributed by atoms with Crippen molar-refractivity contribution in [3.8, 4) is 5.75 Å². The van der Waals surface area contributed by atoms with E-state index in [1.807, 2.05) is 54.6 Å². The predicted molar refractivity (Wildman–Crippen MR) is 127 cm³/mol. The van der Waals surface area contributed by atoms with E-state index in [2.05, 4.69) is 30.9 Å². The van der Waals surface area contributed by atoms with Crippen LogP contribution in [0.25, 0.3) is 22.6 Å². The molecule has 0 fully saturated rings. The van der Waals surface area contributed by atoms with Crippen LogP contribution < -0.4 is 15.8 Å². The minimum absolute atomic E-state index is 0.577. The number of nitrogens with zero attached hydrogens (tertiary/aromatic N) is 3. The van der Waals surface area contributed by atoms with Crippen LogP contribution in [0, 0.1) is 0 Å². The van der Waals surface area contributed by atoms with E-state index in [-0.39, 0.29) is 0 Å². The molecule has 0 amide bonds. The normalized spacial score (nSPS) is 11.3. The molecule has 6 nitrogen and oxygen atoms in total. The Balaban J connectivity index is 1.90. The number of ether oxygens (including phenoxy) is 1. The second-order valence-electron chi connectivity index (χ2n) is 7.35. The molecule has 3 N–H and O–H groups in total. The van der Waals surface area contributed by atoms with Crippen molar-refractivity contribution in [3.05, 3.63) is 66.5 Å². The molecule has 1 heterocycles. The van der Waals surface area contributed by atoms with Gasteiger partial charge in [0.15, 0.2) is 5.82 Å². The van der Waals surface area contributed by atoms with Crippen LogP contribution in [-0.4, -0.2) is 49.2 Å². The third kappa shape index (κ3) is 5.36. The van der Waals surface area contributed by atoms with Crippen molar-refractivity contribution in [1.29, 1.82) is 0 Å². The first-order valence-electron chi connectivity index (χ1n) is 9.94. The summed E-state index contributed by atoms with van der Waals surface area (Å²) in [5.74, 6) is 2.13. The lowest BCUT2D eigenvalue weighted by atomic mass is 10.1. The summed E-state index contributed by atoms with van der Waals surface area (Å²) in [5.41, 5.74) is 9.23. The lowest BCUT2D eigenvalue weighted by Crippen LogP contribution is -2.17. The van der Waals surface area contributed by atoms with Gasteiger partial charge in [0.05, 0.1) is 12.6 Å². The fourth-order valence-electron chi connectivity index (χ4n) is 3.04. The van der Waals surface area contributed by atoms with Crippen LogP contribution in [0.15, 0.2) is 55.1 Å². The molecule has 0 atom stereocenters. The number of nitrogen functional groups attached to an aromatic ring is 1.